The van der Waals surface area contributed by atoms with Crippen molar-refractivity contribution in [2.24, 2.45) is 10.1 Å². The number of nitrogens with zero attached hydrogens (tertiary/aromatic N) is 2. The molecule has 0 aromatic heterocycles. The third kappa shape index (κ3) is 2.46. The van der Waals surface area contributed by atoms with E-state index >= 15 is 0 Å². The molecule has 2 aliphatic heterocycles. The lowest BCUT2D eigenvalue weighted by atomic mass is 10.0. The summed E-state index contributed by atoms with van der Waals surface area (Å²) in [6.07, 6.45) is 0.875. The van der Waals surface area contributed by atoms with Gasteiger partial charge in [-0.3, -0.25) is 4.99 Å². The van der Waals surface area contributed by atoms with Crippen LogP contribution >= 0.6 is 11.8 Å². The molecular weight excluding hydrogens is 310 g/mol. The van der Waals surface area contributed by atoms with Gasteiger partial charge in [0.2, 0.25) is 10.0 Å². The van der Waals surface area contributed by atoms with Gasteiger partial charge in [-0.15, -0.1) is 0 Å². The van der Waals surface area contributed by atoms with Gasteiger partial charge in [0.05, 0.1) is 10.6 Å². The number of benzene rings is 1. The molecule has 0 amide bonds. The first kappa shape index (κ1) is 14.8. The van der Waals surface area contributed by atoms with E-state index in [9.17, 15) is 13.5 Å². The summed E-state index contributed by atoms with van der Waals surface area (Å²) in [5.41, 5.74) is -0.114. The third-order valence-electron chi connectivity index (χ3n) is 3.82. The predicted octanol–water partition coefficient (Wildman–Crippen LogP) is 0.596. The number of hydrogen-bond acceptors (Lipinski definition) is 6. The standard InChI is InChI=1S/C13H17N3O3S2/c1-9-3-4-10(7-11(9)21(14,18)19)13(17)8-20-12-15-5-2-6-16(12)13/h3-4,7,17H,2,5-6,8H2,1H3,(H2,14,18,19). The van der Waals surface area contributed by atoms with Gasteiger partial charge in [-0.1, -0.05) is 23.9 Å². The van der Waals surface area contributed by atoms with Crippen molar-refractivity contribution in [2.75, 3.05) is 18.8 Å². The number of sulfonamides is 1. The van der Waals surface area contributed by atoms with E-state index < -0.39 is 15.7 Å². The summed E-state index contributed by atoms with van der Waals surface area (Å²) in [5, 5.41) is 17.1. The number of hydrogen-bond donors (Lipinski definition) is 2. The molecule has 1 aromatic carbocycles. The molecule has 3 rings (SSSR count). The van der Waals surface area contributed by atoms with Crippen molar-refractivity contribution in [3.63, 3.8) is 0 Å². The van der Waals surface area contributed by atoms with Crippen molar-refractivity contribution >= 4 is 27.0 Å². The van der Waals surface area contributed by atoms with Crippen LogP contribution in [0.4, 0.5) is 0 Å². The molecule has 3 N–H and O–H groups in total. The van der Waals surface area contributed by atoms with Crippen molar-refractivity contribution < 1.29 is 13.5 Å². The van der Waals surface area contributed by atoms with Gasteiger partial charge in [-0.2, -0.15) is 0 Å². The molecule has 0 aliphatic carbocycles. The van der Waals surface area contributed by atoms with Gasteiger partial charge >= 0.3 is 0 Å². The molecule has 1 atom stereocenters. The van der Waals surface area contributed by atoms with Crippen molar-refractivity contribution in [3.05, 3.63) is 29.3 Å². The number of thioether (sulfide) groups is 1. The van der Waals surface area contributed by atoms with Gasteiger partial charge in [0, 0.05) is 18.7 Å². The highest BCUT2D eigenvalue weighted by atomic mass is 32.2. The monoisotopic (exact) mass is 327 g/mol. The van der Waals surface area contributed by atoms with E-state index in [1.807, 2.05) is 4.90 Å². The van der Waals surface area contributed by atoms with E-state index in [-0.39, 0.29) is 4.90 Å². The summed E-state index contributed by atoms with van der Waals surface area (Å²) in [6.45, 7) is 3.16. The largest absolute Gasteiger partial charge is 0.366 e. The Bertz CT molecular complexity index is 717. The molecule has 2 heterocycles. The average molecular weight is 327 g/mol. The fourth-order valence-corrected chi connectivity index (χ4v) is 4.73. The third-order valence-corrected chi connectivity index (χ3v) is 6.03. The number of rotatable bonds is 2. The molecular formula is C13H17N3O3S2. The van der Waals surface area contributed by atoms with Gasteiger partial charge in [0.1, 0.15) is 0 Å². The van der Waals surface area contributed by atoms with E-state index in [1.54, 1.807) is 19.1 Å². The van der Waals surface area contributed by atoms with Crippen LogP contribution in [0.25, 0.3) is 0 Å². The van der Waals surface area contributed by atoms with Crippen LogP contribution in [0.1, 0.15) is 17.5 Å². The molecule has 8 heteroatoms. The first-order valence-electron chi connectivity index (χ1n) is 6.63. The number of aliphatic imine (C=N–C) groups is 1. The Morgan fingerprint density at radius 3 is 2.95 bits per heavy atom. The first-order chi connectivity index (χ1) is 9.82. The highest BCUT2D eigenvalue weighted by Crippen LogP contribution is 2.40. The molecule has 6 nitrogen and oxygen atoms in total. The summed E-state index contributed by atoms with van der Waals surface area (Å²) < 4.78 is 23.3. The number of aliphatic hydroxyl groups is 1. The van der Waals surface area contributed by atoms with E-state index in [0.717, 1.165) is 18.1 Å². The molecule has 2 aliphatic rings. The fourth-order valence-electron chi connectivity index (χ4n) is 2.69. The quantitative estimate of drug-likeness (QED) is 0.829. The lowest BCUT2D eigenvalue weighted by molar-refractivity contribution is -0.0498. The van der Waals surface area contributed by atoms with Crippen LogP contribution in [0, 0.1) is 6.92 Å². The lowest BCUT2D eigenvalue weighted by Crippen LogP contribution is -2.47. The van der Waals surface area contributed by atoms with E-state index in [4.69, 9.17) is 5.14 Å². The molecule has 114 valence electrons. The van der Waals surface area contributed by atoms with Crippen LogP contribution in [-0.2, 0) is 15.7 Å². The maximum atomic E-state index is 11.7. The second-order valence-corrected chi connectivity index (χ2v) is 7.77. The van der Waals surface area contributed by atoms with Gasteiger partial charge in [-0.05, 0) is 25.0 Å². The highest BCUT2D eigenvalue weighted by molar-refractivity contribution is 8.14. The average Bonchev–Trinajstić information content (AvgIpc) is 2.77. The highest BCUT2D eigenvalue weighted by Gasteiger charge is 2.45. The summed E-state index contributed by atoms with van der Waals surface area (Å²) in [5.74, 6) is 0.430. The Kier molecular flexibility index (Phi) is 3.52. The Hall–Kier alpha value is -1.09. The molecule has 1 saturated heterocycles. The van der Waals surface area contributed by atoms with E-state index in [0.29, 0.717) is 23.4 Å². The van der Waals surface area contributed by atoms with Crippen molar-refractivity contribution in [1.29, 1.82) is 0 Å². The van der Waals surface area contributed by atoms with Gasteiger partial charge in [-0.25, -0.2) is 13.6 Å². The van der Waals surface area contributed by atoms with Crippen LogP contribution in [0.2, 0.25) is 0 Å². The molecule has 0 radical (unpaired) electrons. The molecule has 1 unspecified atom stereocenters. The predicted molar refractivity (Wildman–Crippen MR) is 82.5 cm³/mol. The number of primary sulfonamides is 1. The maximum absolute atomic E-state index is 11.7. The molecule has 0 bridgehead atoms. The smallest absolute Gasteiger partial charge is 0.238 e. The van der Waals surface area contributed by atoms with Gasteiger partial charge in [0.25, 0.3) is 0 Å². The lowest BCUT2D eigenvalue weighted by Gasteiger charge is -2.36. The fraction of sp³-hybridized carbons (Fsp3) is 0.462. The van der Waals surface area contributed by atoms with Gasteiger partial charge in [0.15, 0.2) is 10.9 Å². The Morgan fingerprint density at radius 2 is 2.24 bits per heavy atom. The number of nitrogens with two attached hydrogens (primary N) is 1. The molecule has 1 fully saturated rings. The van der Waals surface area contributed by atoms with Gasteiger partial charge < -0.3 is 10.0 Å². The van der Waals surface area contributed by atoms with Crippen molar-refractivity contribution in [2.45, 2.75) is 24.0 Å². The zero-order chi connectivity index (χ0) is 15.3. The summed E-state index contributed by atoms with van der Waals surface area (Å²) in [4.78, 5) is 6.31. The number of fused-ring (bicyclic) bond motifs is 1. The van der Waals surface area contributed by atoms with Crippen molar-refractivity contribution in [1.82, 2.24) is 4.90 Å². The Morgan fingerprint density at radius 1 is 1.48 bits per heavy atom. The minimum Gasteiger partial charge on any atom is -0.366 e. The van der Waals surface area contributed by atoms with Crippen LogP contribution < -0.4 is 5.14 Å². The van der Waals surface area contributed by atoms with Crippen LogP contribution in [0.3, 0.4) is 0 Å². The normalized spacial score (nSPS) is 25.7. The maximum Gasteiger partial charge on any atom is 0.238 e. The molecule has 0 spiro atoms. The van der Waals surface area contributed by atoms with Crippen LogP contribution in [0.15, 0.2) is 28.1 Å². The summed E-state index contributed by atoms with van der Waals surface area (Å²) in [6, 6.07) is 4.90. The minimum absolute atomic E-state index is 0.0563. The van der Waals surface area contributed by atoms with Crippen molar-refractivity contribution in [3.8, 4) is 0 Å². The second kappa shape index (κ2) is 4.98. The van der Waals surface area contributed by atoms with E-state index in [1.165, 1.54) is 17.8 Å². The number of aryl methyl sites for hydroxylation is 1. The summed E-state index contributed by atoms with van der Waals surface area (Å²) in [7, 11) is -3.81. The number of amidine groups is 1. The van der Waals surface area contributed by atoms with Crippen LogP contribution in [0.5, 0.6) is 0 Å². The Labute approximate surface area is 128 Å². The second-order valence-electron chi connectivity index (χ2n) is 5.30. The topological polar surface area (TPSA) is 96.0 Å². The Balaban J connectivity index is 2.09. The molecule has 1 aromatic rings. The summed E-state index contributed by atoms with van der Waals surface area (Å²) >= 11 is 1.49. The molecule has 0 saturated carbocycles. The van der Waals surface area contributed by atoms with E-state index in [2.05, 4.69) is 4.99 Å². The first-order valence-corrected chi connectivity index (χ1v) is 9.17. The molecule has 21 heavy (non-hydrogen) atoms. The zero-order valence-electron chi connectivity index (χ0n) is 11.6. The van der Waals surface area contributed by atoms with Crippen LogP contribution in [-0.4, -0.2) is 42.4 Å². The SMILES string of the molecule is Cc1ccc(C2(O)CSC3=NCCCN32)cc1S(N)(=O)=O. The zero-order valence-corrected chi connectivity index (χ0v) is 13.2. The minimum atomic E-state index is -3.81.